The summed E-state index contributed by atoms with van der Waals surface area (Å²) in [5.41, 5.74) is 2.66. The van der Waals surface area contributed by atoms with Crippen LogP contribution in [0.15, 0.2) is 48.7 Å². The van der Waals surface area contributed by atoms with E-state index in [-0.39, 0.29) is 0 Å². The molecule has 2 aromatic heterocycles. The molecule has 0 unspecified atom stereocenters. The maximum Gasteiger partial charge on any atom is 0.131 e. The first-order valence-electron chi connectivity index (χ1n) is 8.94. The van der Waals surface area contributed by atoms with Crippen LogP contribution in [0, 0.1) is 0 Å². The first kappa shape index (κ1) is 16.4. The maximum atomic E-state index is 6.00. The first-order chi connectivity index (χ1) is 12.3. The van der Waals surface area contributed by atoms with E-state index in [9.17, 15) is 0 Å². The van der Waals surface area contributed by atoms with Gasteiger partial charge in [-0.1, -0.05) is 35.9 Å². The van der Waals surface area contributed by atoms with Crippen LogP contribution in [-0.2, 0) is 6.42 Å². The van der Waals surface area contributed by atoms with E-state index in [0.717, 1.165) is 45.0 Å². The van der Waals surface area contributed by atoms with Gasteiger partial charge in [-0.3, -0.25) is 4.90 Å². The fourth-order valence-electron chi connectivity index (χ4n) is 3.61. The second kappa shape index (κ2) is 7.46. The van der Waals surface area contributed by atoms with Crippen LogP contribution in [-0.4, -0.2) is 47.6 Å². The SMILES string of the molecule is Clc1cccc(N2CCN(CCCc3c[nH]c4ccccc34)CC2)n1. The Bertz CT molecular complexity index is 836. The van der Waals surface area contributed by atoms with E-state index in [0.29, 0.717) is 5.15 Å². The van der Waals surface area contributed by atoms with E-state index < -0.39 is 0 Å². The normalized spacial score (nSPS) is 15.8. The fourth-order valence-corrected chi connectivity index (χ4v) is 3.77. The van der Waals surface area contributed by atoms with Crippen molar-refractivity contribution in [3.63, 3.8) is 0 Å². The Hall–Kier alpha value is -2.04. The number of nitrogens with zero attached hydrogens (tertiary/aromatic N) is 3. The van der Waals surface area contributed by atoms with Gasteiger partial charge in [0.25, 0.3) is 0 Å². The van der Waals surface area contributed by atoms with E-state index in [1.807, 2.05) is 18.2 Å². The molecular formula is C20H23ClN4. The highest BCUT2D eigenvalue weighted by Gasteiger charge is 2.17. The molecule has 0 atom stereocenters. The first-order valence-corrected chi connectivity index (χ1v) is 9.32. The molecule has 1 saturated heterocycles. The number of halogens is 1. The minimum Gasteiger partial charge on any atom is -0.361 e. The van der Waals surface area contributed by atoms with Gasteiger partial charge in [-0.2, -0.15) is 0 Å². The van der Waals surface area contributed by atoms with Crippen LogP contribution in [0.3, 0.4) is 0 Å². The maximum absolute atomic E-state index is 6.00. The van der Waals surface area contributed by atoms with Crippen LogP contribution >= 0.6 is 11.6 Å². The molecule has 1 fully saturated rings. The van der Waals surface area contributed by atoms with E-state index >= 15 is 0 Å². The zero-order chi connectivity index (χ0) is 17.1. The zero-order valence-corrected chi connectivity index (χ0v) is 15.0. The van der Waals surface area contributed by atoms with Gasteiger partial charge in [0.15, 0.2) is 0 Å². The predicted octanol–water partition coefficient (Wildman–Crippen LogP) is 3.97. The van der Waals surface area contributed by atoms with Crippen molar-refractivity contribution in [1.29, 1.82) is 0 Å². The van der Waals surface area contributed by atoms with E-state index in [1.54, 1.807) is 0 Å². The number of H-pyrrole nitrogens is 1. The van der Waals surface area contributed by atoms with Gasteiger partial charge in [0.2, 0.25) is 0 Å². The number of aromatic nitrogens is 2. The molecule has 1 aliphatic rings. The van der Waals surface area contributed by atoms with E-state index in [2.05, 4.69) is 50.2 Å². The number of hydrogen-bond acceptors (Lipinski definition) is 3. The van der Waals surface area contributed by atoms with Crippen LogP contribution in [0.2, 0.25) is 5.15 Å². The molecule has 0 saturated carbocycles. The second-order valence-electron chi connectivity index (χ2n) is 6.61. The number of pyridine rings is 1. The molecule has 1 aromatic carbocycles. The number of fused-ring (bicyclic) bond motifs is 1. The summed E-state index contributed by atoms with van der Waals surface area (Å²) in [5.74, 6) is 0.992. The Labute approximate surface area is 153 Å². The molecule has 0 spiro atoms. The molecule has 3 heterocycles. The fraction of sp³-hybridized carbons (Fsp3) is 0.350. The lowest BCUT2D eigenvalue weighted by Crippen LogP contribution is -2.47. The molecule has 5 heteroatoms. The number of anilines is 1. The van der Waals surface area contributed by atoms with Crippen molar-refractivity contribution >= 4 is 28.3 Å². The van der Waals surface area contributed by atoms with Crippen molar-refractivity contribution in [2.45, 2.75) is 12.8 Å². The summed E-state index contributed by atoms with van der Waals surface area (Å²) < 4.78 is 0. The summed E-state index contributed by atoms with van der Waals surface area (Å²) in [6.07, 6.45) is 4.48. The monoisotopic (exact) mass is 354 g/mol. The molecule has 4 rings (SSSR count). The molecule has 25 heavy (non-hydrogen) atoms. The number of rotatable bonds is 5. The van der Waals surface area contributed by atoms with Crippen molar-refractivity contribution in [3.8, 4) is 0 Å². The largest absolute Gasteiger partial charge is 0.361 e. The number of aryl methyl sites for hydroxylation is 1. The number of para-hydroxylation sites is 1. The van der Waals surface area contributed by atoms with Gasteiger partial charge in [0, 0.05) is 43.3 Å². The lowest BCUT2D eigenvalue weighted by molar-refractivity contribution is 0.254. The van der Waals surface area contributed by atoms with Crippen LogP contribution in [0.25, 0.3) is 10.9 Å². The molecule has 0 bridgehead atoms. The van der Waals surface area contributed by atoms with Crippen molar-refractivity contribution < 1.29 is 0 Å². The summed E-state index contributed by atoms with van der Waals surface area (Å²) in [4.78, 5) is 12.7. The third-order valence-corrected chi connectivity index (χ3v) is 5.20. The van der Waals surface area contributed by atoms with Gasteiger partial charge in [0.1, 0.15) is 11.0 Å². The standard InChI is InChI=1S/C20H23ClN4/c21-19-8-3-9-20(23-19)25-13-11-24(12-14-25)10-4-5-16-15-22-18-7-2-1-6-17(16)18/h1-3,6-9,15,22H,4-5,10-14H2. The van der Waals surface area contributed by atoms with Crippen molar-refractivity contribution in [3.05, 3.63) is 59.4 Å². The molecular weight excluding hydrogens is 332 g/mol. The Kier molecular flexibility index (Phi) is 4.90. The Morgan fingerprint density at radius 3 is 2.68 bits per heavy atom. The molecule has 0 amide bonds. The number of nitrogens with one attached hydrogen (secondary N) is 1. The molecule has 3 aromatic rings. The number of aromatic amines is 1. The average molecular weight is 355 g/mol. The van der Waals surface area contributed by atoms with E-state index in [1.165, 1.54) is 22.9 Å². The Morgan fingerprint density at radius 1 is 1.00 bits per heavy atom. The highest BCUT2D eigenvalue weighted by Crippen LogP contribution is 2.20. The van der Waals surface area contributed by atoms with Crippen LogP contribution in [0.1, 0.15) is 12.0 Å². The molecule has 4 nitrogen and oxygen atoms in total. The highest BCUT2D eigenvalue weighted by molar-refractivity contribution is 6.29. The molecule has 1 aliphatic heterocycles. The summed E-state index contributed by atoms with van der Waals surface area (Å²) in [6, 6.07) is 14.4. The topological polar surface area (TPSA) is 35.2 Å². The average Bonchev–Trinajstić information content (AvgIpc) is 3.06. The smallest absolute Gasteiger partial charge is 0.131 e. The quantitative estimate of drug-likeness (QED) is 0.704. The molecule has 1 N–H and O–H groups in total. The lowest BCUT2D eigenvalue weighted by Gasteiger charge is -2.35. The Morgan fingerprint density at radius 2 is 1.84 bits per heavy atom. The predicted molar refractivity (Wildman–Crippen MR) is 105 cm³/mol. The lowest BCUT2D eigenvalue weighted by atomic mass is 10.1. The Balaban J connectivity index is 1.26. The van der Waals surface area contributed by atoms with Gasteiger partial charge in [0.05, 0.1) is 0 Å². The van der Waals surface area contributed by atoms with Gasteiger partial charge < -0.3 is 9.88 Å². The second-order valence-corrected chi connectivity index (χ2v) is 7.00. The number of piperazine rings is 1. The summed E-state index contributed by atoms with van der Waals surface area (Å²) in [5, 5.41) is 1.93. The van der Waals surface area contributed by atoms with Gasteiger partial charge in [-0.15, -0.1) is 0 Å². The van der Waals surface area contributed by atoms with Crippen molar-refractivity contribution in [1.82, 2.24) is 14.9 Å². The molecule has 130 valence electrons. The van der Waals surface area contributed by atoms with Gasteiger partial charge in [-0.25, -0.2) is 4.98 Å². The molecule has 0 radical (unpaired) electrons. The third kappa shape index (κ3) is 3.80. The van der Waals surface area contributed by atoms with Crippen molar-refractivity contribution in [2.75, 3.05) is 37.6 Å². The zero-order valence-electron chi connectivity index (χ0n) is 14.3. The number of benzene rings is 1. The van der Waals surface area contributed by atoms with Gasteiger partial charge in [-0.05, 0) is 43.1 Å². The summed E-state index contributed by atoms with van der Waals surface area (Å²) in [6.45, 7) is 5.35. The minimum atomic E-state index is 0.568. The third-order valence-electron chi connectivity index (χ3n) is 4.99. The van der Waals surface area contributed by atoms with Gasteiger partial charge >= 0.3 is 0 Å². The van der Waals surface area contributed by atoms with Crippen LogP contribution in [0.5, 0.6) is 0 Å². The summed E-state index contributed by atoms with van der Waals surface area (Å²) in [7, 11) is 0. The van der Waals surface area contributed by atoms with Crippen LogP contribution in [0.4, 0.5) is 5.82 Å². The van der Waals surface area contributed by atoms with Crippen molar-refractivity contribution in [2.24, 2.45) is 0 Å². The van der Waals surface area contributed by atoms with Crippen LogP contribution < -0.4 is 4.90 Å². The number of hydrogen-bond donors (Lipinski definition) is 1. The minimum absolute atomic E-state index is 0.568. The van der Waals surface area contributed by atoms with E-state index in [4.69, 9.17) is 11.6 Å². The molecule has 0 aliphatic carbocycles. The highest BCUT2D eigenvalue weighted by atomic mass is 35.5. The summed E-state index contributed by atoms with van der Waals surface area (Å²) >= 11 is 6.00.